The summed E-state index contributed by atoms with van der Waals surface area (Å²) < 4.78 is 2.17. The Morgan fingerprint density at radius 2 is 0.434 bits per heavy atom. The second-order valence-electron chi connectivity index (χ2n) is 21.0. The number of hydrogen-bond donors (Lipinski definition) is 0. The van der Waals surface area contributed by atoms with Gasteiger partial charge in [0.05, 0.1) is 0 Å². The van der Waals surface area contributed by atoms with Crippen LogP contribution in [0.5, 0.6) is 0 Å². The van der Waals surface area contributed by atoms with Crippen molar-refractivity contribution in [3.05, 3.63) is 97.1 Å². The lowest BCUT2D eigenvalue weighted by Gasteiger charge is -2.05. The van der Waals surface area contributed by atoms with Gasteiger partial charge in [-0.1, -0.05) is 373 Å². The van der Waals surface area contributed by atoms with Crippen LogP contribution in [-0.2, 0) is 0 Å². The minimum Gasteiger partial charge on any atom is -0.265 e. The number of benzene rings is 1. The molecule has 4 aliphatic carbocycles. The van der Waals surface area contributed by atoms with E-state index in [4.69, 9.17) is 0 Å². The third-order valence-corrected chi connectivity index (χ3v) is 7.47. The molecule has 0 radical (unpaired) electrons. The fraction of sp³-hybridized carbons (Fsp3) is 0.784. The van der Waals surface area contributed by atoms with Crippen LogP contribution < -0.4 is 4.57 Å². The fourth-order valence-corrected chi connectivity index (χ4v) is 4.10. The number of nitrogens with zero attached hydrogens (tertiary/aromatic N) is 2. The summed E-state index contributed by atoms with van der Waals surface area (Å²) in [5.74, 6) is 4.83. The Balaban J connectivity index is -0.0000000582. The number of aromatic nitrogens is 2. The molecule has 4 aliphatic rings. The maximum absolute atomic E-state index is 3.78. The molecule has 1 aromatic carbocycles. The first kappa shape index (κ1) is 102. The topological polar surface area (TPSA) is 16.8 Å². The molecule has 0 saturated heterocycles. The Kier molecular flexibility index (Phi) is 146. The average molecular weight is 1080 g/mol. The van der Waals surface area contributed by atoms with Gasteiger partial charge in [-0.25, -0.2) is 4.57 Å². The molecule has 2 aromatic heterocycles. The van der Waals surface area contributed by atoms with Crippen LogP contribution in [0, 0.1) is 29.6 Å². The summed E-state index contributed by atoms with van der Waals surface area (Å²) in [7, 11) is 0. The molecule has 3 aromatic rings. The van der Waals surface area contributed by atoms with Gasteiger partial charge in [0.1, 0.15) is 0 Å². The van der Waals surface area contributed by atoms with E-state index in [0.717, 1.165) is 29.6 Å². The van der Waals surface area contributed by atoms with E-state index in [0.29, 0.717) is 12.0 Å². The predicted molar refractivity (Wildman–Crippen MR) is 367 cm³/mol. The van der Waals surface area contributed by atoms with E-state index in [9.17, 15) is 0 Å². The molecule has 0 N–H and O–H groups in total. The van der Waals surface area contributed by atoms with Crippen molar-refractivity contribution in [1.82, 2.24) is 4.98 Å². The number of hydrogen-bond acceptors (Lipinski definition) is 1. The first-order valence-electron chi connectivity index (χ1n) is 33.1. The van der Waals surface area contributed by atoms with E-state index in [1.807, 2.05) is 139 Å². The van der Waals surface area contributed by atoms with Crippen LogP contribution in [0.4, 0.5) is 0 Å². The highest BCUT2D eigenvalue weighted by Crippen LogP contribution is 2.16. The summed E-state index contributed by atoms with van der Waals surface area (Å²) in [4.78, 5) is 3.78. The minimum atomic E-state index is 0.575. The summed E-state index contributed by atoms with van der Waals surface area (Å²) in [6.45, 7) is 69.2. The molecule has 462 valence electrons. The Labute approximate surface area is 489 Å². The van der Waals surface area contributed by atoms with Crippen molar-refractivity contribution in [3.63, 3.8) is 0 Å². The van der Waals surface area contributed by atoms with Crippen molar-refractivity contribution in [3.8, 4) is 0 Å². The van der Waals surface area contributed by atoms with Gasteiger partial charge in [0, 0.05) is 24.5 Å². The largest absolute Gasteiger partial charge is 0.265 e. The Morgan fingerprint density at radius 1 is 0.263 bits per heavy atom. The normalized spacial score (nSPS) is 11.6. The molecule has 0 amide bonds. The average Bonchev–Trinajstić information content (AvgIpc) is 4.17. The molecule has 0 bridgehead atoms. The predicted octanol–water partition coefficient (Wildman–Crippen LogP) is 28.0. The molecule has 2 nitrogen and oxygen atoms in total. The molecule has 2 heterocycles. The fourth-order valence-electron chi connectivity index (χ4n) is 4.10. The third kappa shape index (κ3) is 188. The maximum atomic E-state index is 3.78. The standard InChI is InChI=1S/C9H12.C8H12N.C6H12.C5H5N.C5H10.C4H8.5C4H10.C3H6.7C2H6/c2*1-8(2)9-6-4-3-5-7-9;2*1-2-4-6-5-3-1;1-2-4-5-3-1;1-2-4-3-1;5*1-4(2)3;1-2-3-1;7*1-2/h2*3-8H,1-2H3;1-6H2;1-5H;1-5H2;1-4H2;5*4H,1-3H3;1-3H2;7*1-2H3/q;+1;;;;;;;;;;;;;;;;;. The van der Waals surface area contributed by atoms with Gasteiger partial charge < -0.3 is 0 Å². The zero-order valence-corrected chi connectivity index (χ0v) is 59.8. The molecule has 76 heavy (non-hydrogen) atoms. The summed E-state index contributed by atoms with van der Waals surface area (Å²) in [6.07, 6.45) is 34.6. The highest BCUT2D eigenvalue weighted by atomic mass is 15.0. The number of pyridine rings is 2. The van der Waals surface area contributed by atoms with Gasteiger partial charge in [0.15, 0.2) is 18.4 Å². The van der Waals surface area contributed by atoms with E-state index in [1.54, 1.807) is 12.4 Å². The molecular formula is C74H157N2+. The zero-order valence-electron chi connectivity index (χ0n) is 59.8. The van der Waals surface area contributed by atoms with E-state index in [2.05, 4.69) is 178 Å². The van der Waals surface area contributed by atoms with E-state index < -0.39 is 0 Å². The lowest BCUT2D eigenvalue weighted by Crippen LogP contribution is -2.34. The van der Waals surface area contributed by atoms with Gasteiger partial charge in [0.2, 0.25) is 0 Å². The Hall–Kier alpha value is -2.48. The van der Waals surface area contributed by atoms with Crippen LogP contribution >= 0.6 is 0 Å². The molecule has 4 saturated carbocycles. The Bertz CT molecular complexity index is 961. The second-order valence-corrected chi connectivity index (χ2v) is 21.0. The number of rotatable bonds is 2. The second kappa shape index (κ2) is 108. The third-order valence-electron chi connectivity index (χ3n) is 7.47. The van der Waals surface area contributed by atoms with E-state index in [-0.39, 0.29) is 0 Å². The summed E-state index contributed by atoms with van der Waals surface area (Å²) >= 11 is 0. The smallest absolute Gasteiger partial charge is 0.169 e. The minimum absolute atomic E-state index is 0.575. The maximum Gasteiger partial charge on any atom is 0.169 e. The van der Waals surface area contributed by atoms with Crippen molar-refractivity contribution in [2.45, 2.75) is 356 Å². The molecule has 0 atom stereocenters. The van der Waals surface area contributed by atoms with Gasteiger partial charge in [-0.15, -0.1) is 0 Å². The van der Waals surface area contributed by atoms with Crippen LogP contribution in [0.15, 0.2) is 91.5 Å². The first-order chi connectivity index (χ1) is 36.3. The zero-order chi connectivity index (χ0) is 62.2. The SMILES string of the molecule is C1CC1.C1CCC1.C1CCCC1.C1CCCCC1.CC.CC.CC.CC.CC.CC.CC.CC(C)C.CC(C)C.CC(C)C.CC(C)C.CC(C)C.CC(C)[n+]1ccccc1.CC(C)c1ccccc1.c1ccncc1. The van der Waals surface area contributed by atoms with Crippen molar-refractivity contribution in [1.29, 1.82) is 0 Å². The molecule has 0 unspecified atom stereocenters. The van der Waals surface area contributed by atoms with Crippen molar-refractivity contribution in [2.75, 3.05) is 0 Å². The highest BCUT2D eigenvalue weighted by Gasteiger charge is 2.00. The van der Waals surface area contributed by atoms with Crippen molar-refractivity contribution < 1.29 is 4.57 Å². The summed E-state index contributed by atoms with van der Waals surface area (Å²) in [5, 5.41) is 0. The highest BCUT2D eigenvalue weighted by molar-refractivity contribution is 5.17. The summed E-state index contributed by atoms with van der Waals surface area (Å²) in [6, 6.07) is 22.9. The molecule has 0 spiro atoms. The van der Waals surface area contributed by atoms with Crippen LogP contribution in [0.1, 0.15) is 362 Å². The lowest BCUT2D eigenvalue weighted by atomic mass is 10.0. The van der Waals surface area contributed by atoms with E-state index in [1.165, 1.54) is 121 Å². The van der Waals surface area contributed by atoms with E-state index >= 15 is 0 Å². The quantitative estimate of drug-likeness (QED) is 0.234. The molecule has 0 aliphatic heterocycles. The first-order valence-corrected chi connectivity index (χ1v) is 33.1. The van der Waals surface area contributed by atoms with Crippen LogP contribution in [0.25, 0.3) is 0 Å². The molecule has 4 fully saturated rings. The van der Waals surface area contributed by atoms with Crippen LogP contribution in [-0.4, -0.2) is 4.98 Å². The van der Waals surface area contributed by atoms with Gasteiger partial charge in [0.25, 0.3) is 0 Å². The van der Waals surface area contributed by atoms with Crippen LogP contribution in [0.2, 0.25) is 0 Å². The van der Waals surface area contributed by atoms with Crippen molar-refractivity contribution >= 4 is 0 Å². The van der Waals surface area contributed by atoms with Gasteiger partial charge in [-0.05, 0) is 67.1 Å². The Morgan fingerprint density at radius 3 is 0.539 bits per heavy atom. The van der Waals surface area contributed by atoms with Gasteiger partial charge >= 0.3 is 0 Å². The monoisotopic (exact) mass is 1070 g/mol. The van der Waals surface area contributed by atoms with Crippen molar-refractivity contribution in [2.24, 2.45) is 29.6 Å². The molecule has 7 rings (SSSR count). The van der Waals surface area contributed by atoms with Gasteiger partial charge in [-0.3, -0.25) is 4.98 Å². The molecule has 2 heteroatoms. The van der Waals surface area contributed by atoms with Gasteiger partial charge in [-0.2, -0.15) is 0 Å². The molecular weight excluding hydrogens is 917 g/mol. The van der Waals surface area contributed by atoms with Crippen LogP contribution in [0.3, 0.4) is 0 Å². The lowest BCUT2D eigenvalue weighted by molar-refractivity contribution is -0.716. The summed E-state index contributed by atoms with van der Waals surface area (Å²) in [5.41, 5.74) is 1.41.